The van der Waals surface area contributed by atoms with Gasteiger partial charge >= 0.3 is 0 Å². The fraction of sp³-hybridized carbons (Fsp3) is 0.538. The molecular formula is C13H19N3O. The third-order valence-electron chi connectivity index (χ3n) is 3.13. The molecule has 0 saturated carbocycles. The maximum atomic E-state index is 11.8. The van der Waals surface area contributed by atoms with Gasteiger partial charge in [-0.05, 0) is 32.9 Å². The van der Waals surface area contributed by atoms with Crippen LogP contribution in [0.1, 0.15) is 19.5 Å². The molecule has 0 aromatic carbocycles. The largest absolute Gasteiger partial charge is 0.367 e. The molecule has 1 saturated heterocycles. The Kier molecular flexibility index (Phi) is 3.05. The summed E-state index contributed by atoms with van der Waals surface area (Å²) in [6, 6.07) is 4.07. The van der Waals surface area contributed by atoms with E-state index in [0.29, 0.717) is 6.54 Å². The standard InChI is InChI=1S/C13H19N3O/c1-10-4-5-11(8-15-10)16-7-6-14-12(17)13(2,3)9-16/h4-5,8H,6-7,9H2,1-3H3,(H,14,17). The minimum atomic E-state index is -0.360. The number of rotatable bonds is 1. The molecule has 0 bridgehead atoms. The second-order valence-electron chi connectivity index (χ2n) is 5.22. The van der Waals surface area contributed by atoms with Crippen LogP contribution in [0.3, 0.4) is 0 Å². The Morgan fingerprint density at radius 3 is 2.82 bits per heavy atom. The number of anilines is 1. The second kappa shape index (κ2) is 4.35. The number of aryl methyl sites for hydroxylation is 1. The SMILES string of the molecule is Cc1ccc(N2CCNC(=O)C(C)(C)C2)cn1. The third-order valence-corrected chi connectivity index (χ3v) is 3.13. The van der Waals surface area contributed by atoms with Crippen LogP contribution in [0, 0.1) is 12.3 Å². The number of carbonyl (C=O) groups is 1. The predicted octanol–water partition coefficient (Wildman–Crippen LogP) is 1.35. The van der Waals surface area contributed by atoms with Crippen LogP contribution in [0.2, 0.25) is 0 Å². The Labute approximate surface area is 102 Å². The van der Waals surface area contributed by atoms with Crippen LogP contribution >= 0.6 is 0 Å². The van der Waals surface area contributed by atoms with Crippen LogP contribution in [0.5, 0.6) is 0 Å². The molecule has 1 fully saturated rings. The molecule has 0 spiro atoms. The topological polar surface area (TPSA) is 45.2 Å². The molecule has 1 aromatic rings. The molecule has 0 atom stereocenters. The van der Waals surface area contributed by atoms with Crippen LogP contribution < -0.4 is 10.2 Å². The Hall–Kier alpha value is -1.58. The lowest BCUT2D eigenvalue weighted by atomic mass is 9.92. The van der Waals surface area contributed by atoms with Gasteiger partial charge in [0.25, 0.3) is 0 Å². The van der Waals surface area contributed by atoms with Crippen molar-refractivity contribution >= 4 is 11.6 Å². The second-order valence-corrected chi connectivity index (χ2v) is 5.22. The lowest BCUT2D eigenvalue weighted by Gasteiger charge is -2.28. The van der Waals surface area contributed by atoms with E-state index in [4.69, 9.17) is 0 Å². The average Bonchev–Trinajstić information content (AvgIpc) is 2.40. The normalized spacial score (nSPS) is 19.7. The molecule has 1 aliphatic rings. The number of carbonyl (C=O) groups excluding carboxylic acids is 1. The molecule has 2 heterocycles. The van der Waals surface area contributed by atoms with Crippen molar-refractivity contribution in [1.82, 2.24) is 10.3 Å². The number of nitrogens with one attached hydrogen (secondary N) is 1. The van der Waals surface area contributed by atoms with Gasteiger partial charge in [0.05, 0.1) is 17.3 Å². The van der Waals surface area contributed by atoms with Crippen molar-refractivity contribution < 1.29 is 4.79 Å². The van der Waals surface area contributed by atoms with E-state index in [-0.39, 0.29) is 11.3 Å². The number of aromatic nitrogens is 1. The van der Waals surface area contributed by atoms with Crippen molar-refractivity contribution in [3.05, 3.63) is 24.0 Å². The predicted molar refractivity (Wildman–Crippen MR) is 68.0 cm³/mol. The summed E-state index contributed by atoms with van der Waals surface area (Å²) in [4.78, 5) is 18.3. The van der Waals surface area contributed by atoms with E-state index in [1.807, 2.05) is 33.0 Å². The van der Waals surface area contributed by atoms with Gasteiger partial charge in [0.2, 0.25) is 5.91 Å². The van der Waals surface area contributed by atoms with E-state index >= 15 is 0 Å². The van der Waals surface area contributed by atoms with Gasteiger partial charge in [-0.15, -0.1) is 0 Å². The lowest BCUT2D eigenvalue weighted by molar-refractivity contribution is -0.128. The number of nitrogens with zero attached hydrogens (tertiary/aromatic N) is 2. The summed E-state index contributed by atoms with van der Waals surface area (Å²) in [6.45, 7) is 8.17. The van der Waals surface area contributed by atoms with Crippen molar-refractivity contribution in [2.75, 3.05) is 24.5 Å². The summed E-state index contributed by atoms with van der Waals surface area (Å²) in [5.41, 5.74) is 1.73. The minimum absolute atomic E-state index is 0.125. The number of amides is 1. The fourth-order valence-corrected chi connectivity index (χ4v) is 2.04. The number of pyridine rings is 1. The van der Waals surface area contributed by atoms with Gasteiger partial charge in [-0.3, -0.25) is 9.78 Å². The van der Waals surface area contributed by atoms with Gasteiger partial charge < -0.3 is 10.2 Å². The van der Waals surface area contributed by atoms with Crippen LogP contribution in [-0.2, 0) is 4.79 Å². The third kappa shape index (κ3) is 2.57. The molecule has 92 valence electrons. The molecule has 0 unspecified atom stereocenters. The first-order chi connectivity index (χ1) is 7.99. The maximum Gasteiger partial charge on any atom is 0.227 e. The maximum absolute atomic E-state index is 11.8. The Balaban J connectivity index is 2.21. The lowest BCUT2D eigenvalue weighted by Crippen LogP contribution is -2.39. The Morgan fingerprint density at radius 2 is 2.18 bits per heavy atom. The van der Waals surface area contributed by atoms with Crippen LogP contribution in [0.15, 0.2) is 18.3 Å². The highest BCUT2D eigenvalue weighted by atomic mass is 16.2. The van der Waals surface area contributed by atoms with E-state index in [9.17, 15) is 4.79 Å². The van der Waals surface area contributed by atoms with Crippen molar-refractivity contribution in [3.63, 3.8) is 0 Å². The van der Waals surface area contributed by atoms with E-state index in [0.717, 1.165) is 24.5 Å². The summed E-state index contributed by atoms with van der Waals surface area (Å²) < 4.78 is 0. The zero-order valence-electron chi connectivity index (χ0n) is 10.7. The molecule has 1 N–H and O–H groups in total. The first kappa shape index (κ1) is 11.9. The van der Waals surface area contributed by atoms with Crippen molar-refractivity contribution in [2.24, 2.45) is 5.41 Å². The Morgan fingerprint density at radius 1 is 1.41 bits per heavy atom. The molecule has 4 nitrogen and oxygen atoms in total. The van der Waals surface area contributed by atoms with E-state index in [1.165, 1.54) is 0 Å². The van der Waals surface area contributed by atoms with Gasteiger partial charge in [0.1, 0.15) is 0 Å². The van der Waals surface area contributed by atoms with Gasteiger partial charge in [0.15, 0.2) is 0 Å². The van der Waals surface area contributed by atoms with Gasteiger partial charge in [0, 0.05) is 25.3 Å². The zero-order valence-corrected chi connectivity index (χ0v) is 10.7. The smallest absolute Gasteiger partial charge is 0.227 e. The van der Waals surface area contributed by atoms with Crippen LogP contribution in [0.25, 0.3) is 0 Å². The number of hydrogen-bond acceptors (Lipinski definition) is 3. The molecular weight excluding hydrogens is 214 g/mol. The highest BCUT2D eigenvalue weighted by Crippen LogP contribution is 2.23. The fourth-order valence-electron chi connectivity index (χ4n) is 2.04. The summed E-state index contributed by atoms with van der Waals surface area (Å²) in [5.74, 6) is 0.125. The molecule has 4 heteroatoms. The van der Waals surface area contributed by atoms with Crippen molar-refractivity contribution in [1.29, 1.82) is 0 Å². The molecule has 1 amide bonds. The first-order valence-electron chi connectivity index (χ1n) is 5.95. The van der Waals surface area contributed by atoms with Crippen molar-refractivity contribution in [3.8, 4) is 0 Å². The summed E-state index contributed by atoms with van der Waals surface area (Å²) in [5, 5.41) is 2.94. The van der Waals surface area contributed by atoms with E-state index < -0.39 is 0 Å². The molecule has 17 heavy (non-hydrogen) atoms. The van der Waals surface area contributed by atoms with Crippen molar-refractivity contribution in [2.45, 2.75) is 20.8 Å². The highest BCUT2D eigenvalue weighted by molar-refractivity contribution is 5.83. The van der Waals surface area contributed by atoms with Crippen LogP contribution in [0.4, 0.5) is 5.69 Å². The average molecular weight is 233 g/mol. The van der Waals surface area contributed by atoms with E-state index in [2.05, 4.69) is 21.3 Å². The molecule has 0 aliphatic carbocycles. The van der Waals surface area contributed by atoms with Gasteiger partial charge in [-0.2, -0.15) is 0 Å². The monoisotopic (exact) mass is 233 g/mol. The quantitative estimate of drug-likeness (QED) is 0.796. The van der Waals surface area contributed by atoms with Gasteiger partial charge in [-0.25, -0.2) is 0 Å². The Bertz CT molecular complexity index is 411. The van der Waals surface area contributed by atoms with Gasteiger partial charge in [-0.1, -0.05) is 0 Å². The first-order valence-corrected chi connectivity index (χ1v) is 5.95. The zero-order chi connectivity index (χ0) is 12.5. The summed E-state index contributed by atoms with van der Waals surface area (Å²) >= 11 is 0. The van der Waals surface area contributed by atoms with Crippen LogP contribution in [-0.4, -0.2) is 30.5 Å². The molecule has 1 aromatic heterocycles. The van der Waals surface area contributed by atoms with E-state index in [1.54, 1.807) is 0 Å². The molecule has 1 aliphatic heterocycles. The minimum Gasteiger partial charge on any atom is -0.367 e. The highest BCUT2D eigenvalue weighted by Gasteiger charge is 2.32. The molecule has 0 radical (unpaired) electrons. The number of hydrogen-bond donors (Lipinski definition) is 1. The molecule has 2 rings (SSSR count). The summed E-state index contributed by atoms with van der Waals surface area (Å²) in [6.07, 6.45) is 1.88. The summed E-state index contributed by atoms with van der Waals surface area (Å²) in [7, 11) is 0.